The number of fused-ring (bicyclic) bond motifs is 4. The third-order valence-electron chi connectivity index (χ3n) is 5.81. The van der Waals surface area contributed by atoms with Crippen LogP contribution in [0, 0.1) is 0 Å². The molecule has 32 heavy (non-hydrogen) atoms. The lowest BCUT2D eigenvalue weighted by atomic mass is 9.98. The third-order valence-corrected chi connectivity index (χ3v) is 5.81. The summed E-state index contributed by atoms with van der Waals surface area (Å²) in [6.07, 6.45) is -1.10. The maximum Gasteiger partial charge on any atom is 0.407 e. The highest BCUT2D eigenvalue weighted by Crippen LogP contribution is 2.44. The van der Waals surface area contributed by atoms with E-state index in [0.717, 1.165) is 22.3 Å². The van der Waals surface area contributed by atoms with Crippen LogP contribution in [0.15, 0.2) is 66.7 Å². The molecule has 1 N–H and O–H groups in total. The maximum absolute atomic E-state index is 12.6. The molecule has 0 saturated carbocycles. The van der Waals surface area contributed by atoms with Crippen molar-refractivity contribution in [2.45, 2.75) is 18.4 Å². The summed E-state index contributed by atoms with van der Waals surface area (Å²) in [4.78, 5) is 23.9. The second kappa shape index (κ2) is 8.26. The van der Waals surface area contributed by atoms with E-state index >= 15 is 0 Å². The van der Waals surface area contributed by atoms with Gasteiger partial charge in [-0.1, -0.05) is 54.6 Å². The molecule has 0 fully saturated rings. The molecule has 0 unspecified atom stereocenters. The van der Waals surface area contributed by atoms with E-state index in [0.29, 0.717) is 17.1 Å². The minimum absolute atomic E-state index is 0.0849. The van der Waals surface area contributed by atoms with Crippen molar-refractivity contribution in [3.8, 4) is 22.6 Å². The number of nitrogens with one attached hydrogen (secondary N) is 1. The Morgan fingerprint density at radius 1 is 0.969 bits per heavy atom. The number of alkyl carbamates (subject to hydrolysis) is 1. The summed E-state index contributed by atoms with van der Waals surface area (Å²) in [5.41, 5.74) is 5.03. The highest BCUT2D eigenvalue weighted by atomic mass is 16.7. The zero-order valence-electron chi connectivity index (χ0n) is 17.1. The first kappa shape index (κ1) is 19.9. The number of hydrogen-bond donors (Lipinski definition) is 1. The molecule has 162 valence electrons. The molecular weight excluding hydrogens is 410 g/mol. The molecule has 1 aliphatic heterocycles. The smallest absolute Gasteiger partial charge is 0.407 e. The van der Waals surface area contributed by atoms with E-state index in [1.54, 1.807) is 18.2 Å². The van der Waals surface area contributed by atoms with Crippen LogP contribution in [0.2, 0.25) is 0 Å². The first-order valence-electron chi connectivity index (χ1n) is 10.3. The quantitative estimate of drug-likeness (QED) is 0.645. The molecule has 0 bridgehead atoms. The van der Waals surface area contributed by atoms with E-state index in [1.807, 2.05) is 36.4 Å². The monoisotopic (exact) mass is 430 g/mol. The van der Waals surface area contributed by atoms with Crippen molar-refractivity contribution >= 4 is 12.1 Å². The van der Waals surface area contributed by atoms with Gasteiger partial charge in [-0.15, -0.1) is 0 Å². The lowest BCUT2D eigenvalue weighted by Crippen LogP contribution is -2.35. The highest BCUT2D eigenvalue weighted by molar-refractivity contribution is 5.79. The molecule has 3 aromatic rings. The van der Waals surface area contributed by atoms with Gasteiger partial charge in [-0.25, -0.2) is 4.79 Å². The molecule has 2 aliphatic rings. The average Bonchev–Trinajstić information content (AvgIpc) is 3.39. The molecule has 0 radical (unpaired) electrons. The highest BCUT2D eigenvalue weighted by Gasteiger charge is 2.29. The Balaban J connectivity index is 1.31. The van der Waals surface area contributed by atoms with E-state index in [1.165, 1.54) is 0 Å². The maximum atomic E-state index is 12.6. The van der Waals surface area contributed by atoms with E-state index in [9.17, 15) is 14.7 Å². The molecule has 0 spiro atoms. The molecule has 7 heteroatoms. The number of carboxylic acids is 1. The largest absolute Gasteiger partial charge is 0.550 e. The van der Waals surface area contributed by atoms with Crippen LogP contribution in [-0.4, -0.2) is 25.5 Å². The molecule has 1 aliphatic carbocycles. The second-order valence-corrected chi connectivity index (χ2v) is 7.71. The van der Waals surface area contributed by atoms with Crippen molar-refractivity contribution in [2.24, 2.45) is 0 Å². The minimum Gasteiger partial charge on any atom is -0.550 e. The number of ether oxygens (including phenoxy) is 3. The SMILES string of the molecule is O=C([O-])C[C@@H](NC(=O)OCC1c2ccccc2-c2ccccc21)c1ccc2c(c1)OCO2. The van der Waals surface area contributed by atoms with Gasteiger partial charge in [0.15, 0.2) is 11.5 Å². The fraction of sp³-hybridized carbons (Fsp3) is 0.200. The van der Waals surface area contributed by atoms with Gasteiger partial charge in [0.05, 0.1) is 6.04 Å². The van der Waals surface area contributed by atoms with Crippen LogP contribution in [-0.2, 0) is 9.53 Å². The van der Waals surface area contributed by atoms with Gasteiger partial charge in [0.1, 0.15) is 6.61 Å². The van der Waals surface area contributed by atoms with Gasteiger partial charge < -0.3 is 29.4 Å². The Kier molecular flexibility index (Phi) is 5.15. The first-order valence-corrected chi connectivity index (χ1v) is 10.3. The summed E-state index contributed by atoms with van der Waals surface area (Å²) in [6.45, 7) is 0.239. The fourth-order valence-corrected chi connectivity index (χ4v) is 4.33. The van der Waals surface area contributed by atoms with E-state index in [4.69, 9.17) is 14.2 Å². The van der Waals surface area contributed by atoms with Crippen LogP contribution in [0.1, 0.15) is 35.1 Å². The topological polar surface area (TPSA) is 96.9 Å². The van der Waals surface area contributed by atoms with Crippen LogP contribution in [0.5, 0.6) is 11.5 Å². The molecular formula is C25H20NO6-. The number of carbonyl (C=O) groups excluding carboxylic acids is 2. The van der Waals surface area contributed by atoms with Gasteiger partial charge in [0, 0.05) is 18.3 Å². The van der Waals surface area contributed by atoms with Crippen LogP contribution in [0.25, 0.3) is 11.1 Å². The van der Waals surface area contributed by atoms with Crippen molar-refractivity contribution in [1.82, 2.24) is 5.32 Å². The number of amides is 1. The van der Waals surface area contributed by atoms with Crippen molar-refractivity contribution in [3.05, 3.63) is 83.4 Å². The molecule has 1 atom stereocenters. The number of rotatable bonds is 6. The predicted molar refractivity (Wildman–Crippen MR) is 113 cm³/mol. The van der Waals surface area contributed by atoms with Crippen molar-refractivity contribution in [1.29, 1.82) is 0 Å². The predicted octanol–water partition coefficient (Wildman–Crippen LogP) is 3.14. The summed E-state index contributed by atoms with van der Waals surface area (Å²) in [5, 5.41) is 13.9. The molecule has 1 heterocycles. The van der Waals surface area contributed by atoms with Gasteiger partial charge in [-0.3, -0.25) is 0 Å². The number of hydrogen-bond acceptors (Lipinski definition) is 6. The Morgan fingerprint density at radius 3 is 2.31 bits per heavy atom. The van der Waals surface area contributed by atoms with Crippen LogP contribution in [0.3, 0.4) is 0 Å². The Hall–Kier alpha value is -4.00. The Bertz CT molecular complexity index is 1150. The zero-order valence-corrected chi connectivity index (χ0v) is 17.1. The molecule has 5 rings (SSSR count). The summed E-state index contributed by atoms with van der Waals surface area (Å²) < 4.78 is 16.2. The molecule has 7 nitrogen and oxygen atoms in total. The van der Waals surface area contributed by atoms with E-state index in [2.05, 4.69) is 17.4 Å². The second-order valence-electron chi connectivity index (χ2n) is 7.71. The molecule has 3 aromatic carbocycles. The standard InChI is InChI=1S/C25H21NO6/c27-24(28)12-21(15-9-10-22-23(11-15)32-14-31-22)26-25(29)30-13-20-18-7-3-1-5-16(18)17-6-2-4-8-19(17)20/h1-11,20-21H,12-14H2,(H,26,29)(H,27,28)/p-1/t21-/m1/s1. The number of aliphatic carboxylic acids is 1. The summed E-state index contributed by atoms with van der Waals surface area (Å²) >= 11 is 0. The third kappa shape index (κ3) is 3.73. The molecule has 1 amide bonds. The Morgan fingerprint density at radius 2 is 1.62 bits per heavy atom. The van der Waals surface area contributed by atoms with Crippen molar-refractivity contribution in [2.75, 3.05) is 13.4 Å². The van der Waals surface area contributed by atoms with E-state index < -0.39 is 24.5 Å². The van der Waals surface area contributed by atoms with Crippen LogP contribution >= 0.6 is 0 Å². The van der Waals surface area contributed by atoms with Crippen molar-refractivity contribution in [3.63, 3.8) is 0 Å². The summed E-state index contributed by atoms with van der Waals surface area (Å²) in [7, 11) is 0. The van der Waals surface area contributed by atoms with Gasteiger partial charge >= 0.3 is 6.09 Å². The fourth-order valence-electron chi connectivity index (χ4n) is 4.33. The summed E-state index contributed by atoms with van der Waals surface area (Å²) in [6, 6.07) is 20.3. The first-order chi connectivity index (χ1) is 15.6. The average molecular weight is 430 g/mol. The van der Waals surface area contributed by atoms with E-state index in [-0.39, 0.29) is 19.3 Å². The Labute approximate surface area is 184 Å². The van der Waals surface area contributed by atoms with Crippen molar-refractivity contribution < 1.29 is 28.9 Å². The van der Waals surface area contributed by atoms with Gasteiger partial charge in [0.25, 0.3) is 0 Å². The lowest BCUT2D eigenvalue weighted by Gasteiger charge is -2.21. The van der Waals surface area contributed by atoms with Gasteiger partial charge in [0.2, 0.25) is 6.79 Å². The van der Waals surface area contributed by atoms with Gasteiger partial charge in [-0.05, 0) is 39.9 Å². The number of benzene rings is 3. The van der Waals surface area contributed by atoms with Crippen LogP contribution < -0.4 is 19.9 Å². The van der Waals surface area contributed by atoms with Gasteiger partial charge in [-0.2, -0.15) is 0 Å². The number of carbonyl (C=O) groups is 2. The lowest BCUT2D eigenvalue weighted by molar-refractivity contribution is -0.306. The minimum atomic E-state index is -1.29. The van der Waals surface area contributed by atoms with Crippen LogP contribution in [0.4, 0.5) is 4.79 Å². The molecule has 0 saturated heterocycles. The number of carboxylic acid groups (broad SMARTS) is 1. The molecule has 0 aromatic heterocycles. The normalized spacial score (nSPS) is 14.4. The zero-order chi connectivity index (χ0) is 22.1. The summed E-state index contributed by atoms with van der Waals surface area (Å²) in [5.74, 6) is -0.299.